The molecule has 166 valence electrons. The summed E-state index contributed by atoms with van der Waals surface area (Å²) in [6, 6.07) is 21.4. The number of hydrogen-bond donors (Lipinski definition) is 2. The summed E-state index contributed by atoms with van der Waals surface area (Å²) in [5, 5.41) is 10.2. The number of para-hydroxylation sites is 1. The number of benzene rings is 3. The molecule has 1 aromatic heterocycles. The van der Waals surface area contributed by atoms with E-state index in [1.54, 1.807) is 48.5 Å². The maximum absolute atomic E-state index is 12.8. The van der Waals surface area contributed by atoms with Crippen LogP contribution in [0.2, 0.25) is 5.02 Å². The molecule has 0 saturated heterocycles. The molecule has 0 spiro atoms. The largest absolute Gasteiger partial charge is 0.339 e. The normalized spacial score (nSPS) is 10.6. The van der Waals surface area contributed by atoms with Gasteiger partial charge in [-0.2, -0.15) is 4.98 Å². The zero-order valence-corrected chi connectivity index (χ0v) is 18.6. The van der Waals surface area contributed by atoms with Gasteiger partial charge in [0.1, 0.15) is 0 Å². The van der Waals surface area contributed by atoms with Gasteiger partial charge in [0.2, 0.25) is 17.6 Å². The Hall–Kier alpha value is -3.97. The zero-order chi connectivity index (χ0) is 23.2. The molecule has 4 rings (SSSR count). The monoisotopic (exact) mass is 460 g/mol. The third-order valence-corrected chi connectivity index (χ3v) is 5.11. The fourth-order valence-electron chi connectivity index (χ4n) is 3.22. The molecular weight excluding hydrogens is 440 g/mol. The Kier molecular flexibility index (Phi) is 6.80. The van der Waals surface area contributed by atoms with E-state index in [0.717, 1.165) is 11.1 Å². The number of carbonyl (C=O) groups excluding carboxylic acids is 2. The molecule has 7 nitrogen and oxygen atoms in total. The molecule has 0 aliphatic rings. The number of nitrogens with zero attached hydrogens (tertiary/aromatic N) is 2. The van der Waals surface area contributed by atoms with Crippen LogP contribution in [0.25, 0.3) is 11.4 Å². The van der Waals surface area contributed by atoms with E-state index in [4.69, 9.17) is 16.1 Å². The van der Waals surface area contributed by atoms with Gasteiger partial charge in [0.05, 0.1) is 11.3 Å². The van der Waals surface area contributed by atoms with E-state index in [9.17, 15) is 9.59 Å². The zero-order valence-electron chi connectivity index (χ0n) is 17.8. The molecule has 0 bridgehead atoms. The molecule has 1 heterocycles. The molecule has 33 heavy (non-hydrogen) atoms. The lowest BCUT2D eigenvalue weighted by atomic mass is 10.1. The van der Waals surface area contributed by atoms with Gasteiger partial charge in [0.25, 0.3) is 5.91 Å². The lowest BCUT2D eigenvalue weighted by molar-refractivity contribution is -0.116. The number of aryl methyl sites for hydroxylation is 2. The Morgan fingerprint density at radius 3 is 2.55 bits per heavy atom. The summed E-state index contributed by atoms with van der Waals surface area (Å²) >= 11 is 5.90. The Labute approximate surface area is 195 Å². The number of rotatable bonds is 7. The van der Waals surface area contributed by atoms with Crippen LogP contribution in [0.4, 0.5) is 11.4 Å². The number of carbonyl (C=O) groups is 2. The lowest BCUT2D eigenvalue weighted by Gasteiger charge is -2.11. The van der Waals surface area contributed by atoms with Crippen LogP contribution in [0.3, 0.4) is 0 Å². The van der Waals surface area contributed by atoms with Gasteiger partial charge in [0.15, 0.2) is 0 Å². The highest BCUT2D eigenvalue weighted by Gasteiger charge is 2.15. The van der Waals surface area contributed by atoms with Crippen LogP contribution in [-0.4, -0.2) is 22.0 Å². The second-order valence-electron chi connectivity index (χ2n) is 7.44. The number of amides is 2. The van der Waals surface area contributed by atoms with Crippen molar-refractivity contribution in [2.45, 2.75) is 19.8 Å². The molecule has 0 unspecified atom stereocenters. The van der Waals surface area contributed by atoms with Gasteiger partial charge in [0, 0.05) is 29.1 Å². The van der Waals surface area contributed by atoms with Crippen molar-refractivity contribution in [3.05, 3.63) is 94.8 Å². The summed E-state index contributed by atoms with van der Waals surface area (Å²) in [6.45, 7) is 1.95. The molecule has 0 atom stereocenters. The third kappa shape index (κ3) is 5.84. The lowest BCUT2D eigenvalue weighted by Crippen LogP contribution is -2.18. The molecule has 2 amide bonds. The van der Waals surface area contributed by atoms with Crippen molar-refractivity contribution >= 4 is 34.8 Å². The van der Waals surface area contributed by atoms with Gasteiger partial charge in [-0.15, -0.1) is 0 Å². The van der Waals surface area contributed by atoms with E-state index in [1.165, 1.54) is 0 Å². The van der Waals surface area contributed by atoms with Crippen LogP contribution >= 0.6 is 11.6 Å². The van der Waals surface area contributed by atoms with Gasteiger partial charge in [-0.3, -0.25) is 9.59 Å². The first-order valence-corrected chi connectivity index (χ1v) is 10.7. The molecule has 0 fully saturated rings. The van der Waals surface area contributed by atoms with Crippen molar-refractivity contribution in [1.82, 2.24) is 10.1 Å². The van der Waals surface area contributed by atoms with Gasteiger partial charge >= 0.3 is 0 Å². The van der Waals surface area contributed by atoms with E-state index < -0.39 is 0 Å². The second-order valence-corrected chi connectivity index (χ2v) is 7.87. The van der Waals surface area contributed by atoms with Crippen molar-refractivity contribution < 1.29 is 14.1 Å². The molecule has 0 saturated carbocycles. The van der Waals surface area contributed by atoms with Crippen LogP contribution in [0.1, 0.15) is 28.2 Å². The second kappa shape index (κ2) is 10.1. The molecule has 0 aliphatic heterocycles. The summed E-state index contributed by atoms with van der Waals surface area (Å²) < 4.78 is 5.25. The molecule has 4 aromatic rings. The minimum Gasteiger partial charge on any atom is -0.339 e. The van der Waals surface area contributed by atoms with Crippen molar-refractivity contribution in [2.75, 3.05) is 10.6 Å². The maximum atomic E-state index is 12.8. The smallest absolute Gasteiger partial charge is 0.257 e. The van der Waals surface area contributed by atoms with Gasteiger partial charge in [-0.25, -0.2) is 0 Å². The fourth-order valence-corrected chi connectivity index (χ4v) is 3.34. The summed E-state index contributed by atoms with van der Waals surface area (Å²) in [6.07, 6.45) is 0.389. The predicted octanol–water partition coefficient (Wildman–Crippen LogP) is 5.52. The number of nitrogens with one attached hydrogen (secondary N) is 2. The molecule has 2 N–H and O–H groups in total. The summed E-state index contributed by atoms with van der Waals surface area (Å²) in [7, 11) is 0. The Morgan fingerprint density at radius 1 is 0.970 bits per heavy atom. The van der Waals surface area contributed by atoms with Gasteiger partial charge < -0.3 is 15.2 Å². The average Bonchev–Trinajstić information content (AvgIpc) is 3.28. The number of aromatic nitrogens is 2. The predicted molar refractivity (Wildman–Crippen MR) is 127 cm³/mol. The van der Waals surface area contributed by atoms with E-state index in [2.05, 4.69) is 20.8 Å². The highest BCUT2D eigenvalue weighted by molar-refractivity contribution is 6.30. The van der Waals surface area contributed by atoms with Crippen LogP contribution < -0.4 is 10.6 Å². The third-order valence-electron chi connectivity index (χ3n) is 4.86. The number of halogens is 1. The first kappa shape index (κ1) is 22.2. The van der Waals surface area contributed by atoms with Gasteiger partial charge in [-0.1, -0.05) is 41.0 Å². The summed E-state index contributed by atoms with van der Waals surface area (Å²) in [5.41, 5.74) is 3.30. The standard InChI is InChI=1S/C25H21ClN4O3/c1-16-5-4-6-19(15-16)27-25(32)20-7-2-3-8-21(20)28-22(31)13-14-23-29-24(30-33-23)17-9-11-18(26)12-10-17/h2-12,15H,13-14H2,1H3,(H,27,32)(H,28,31). The molecule has 8 heteroatoms. The number of anilines is 2. The minimum absolute atomic E-state index is 0.121. The fraction of sp³-hybridized carbons (Fsp3) is 0.120. The minimum atomic E-state index is -0.305. The van der Waals surface area contributed by atoms with E-state index in [-0.39, 0.29) is 24.7 Å². The topological polar surface area (TPSA) is 97.1 Å². The molecule has 3 aromatic carbocycles. The highest BCUT2D eigenvalue weighted by Crippen LogP contribution is 2.20. The summed E-state index contributed by atoms with van der Waals surface area (Å²) in [5.74, 6) is 0.207. The number of hydrogen-bond acceptors (Lipinski definition) is 5. The molecular formula is C25H21ClN4O3. The van der Waals surface area contributed by atoms with Crippen LogP contribution in [0, 0.1) is 6.92 Å². The molecule has 0 radical (unpaired) electrons. The van der Waals surface area contributed by atoms with Crippen molar-refractivity contribution in [2.24, 2.45) is 0 Å². The van der Waals surface area contributed by atoms with Crippen molar-refractivity contribution in [3.8, 4) is 11.4 Å². The first-order valence-electron chi connectivity index (χ1n) is 10.3. The SMILES string of the molecule is Cc1cccc(NC(=O)c2ccccc2NC(=O)CCc2nc(-c3ccc(Cl)cc3)no2)c1. The first-order chi connectivity index (χ1) is 16.0. The van der Waals surface area contributed by atoms with Crippen molar-refractivity contribution in [3.63, 3.8) is 0 Å². The maximum Gasteiger partial charge on any atom is 0.257 e. The van der Waals surface area contributed by atoms with Crippen LogP contribution in [0.15, 0.2) is 77.3 Å². The molecule has 0 aliphatic carbocycles. The van der Waals surface area contributed by atoms with E-state index in [0.29, 0.717) is 33.7 Å². The average molecular weight is 461 g/mol. The Bertz CT molecular complexity index is 1280. The van der Waals surface area contributed by atoms with E-state index >= 15 is 0 Å². The van der Waals surface area contributed by atoms with Crippen LogP contribution in [0.5, 0.6) is 0 Å². The van der Waals surface area contributed by atoms with Crippen molar-refractivity contribution in [1.29, 1.82) is 0 Å². The Balaban J connectivity index is 1.37. The Morgan fingerprint density at radius 2 is 1.76 bits per heavy atom. The quantitative estimate of drug-likeness (QED) is 0.378. The van der Waals surface area contributed by atoms with Crippen LogP contribution in [-0.2, 0) is 11.2 Å². The highest BCUT2D eigenvalue weighted by atomic mass is 35.5. The van der Waals surface area contributed by atoms with Gasteiger partial charge in [-0.05, 0) is 61.0 Å². The van der Waals surface area contributed by atoms with E-state index in [1.807, 2.05) is 31.2 Å². The summed E-state index contributed by atoms with van der Waals surface area (Å²) in [4.78, 5) is 29.6.